The van der Waals surface area contributed by atoms with Gasteiger partial charge in [0.15, 0.2) is 0 Å². The fourth-order valence-electron chi connectivity index (χ4n) is 4.24. The first-order valence-electron chi connectivity index (χ1n) is 10.4. The number of methoxy groups -OCH3 is 1. The monoisotopic (exact) mass is 412 g/mol. The third-order valence-corrected chi connectivity index (χ3v) is 5.55. The van der Waals surface area contributed by atoms with Gasteiger partial charge in [0.25, 0.3) is 11.5 Å². The molecule has 0 saturated carbocycles. The molecular formula is C22H28N4O4. The Kier molecular flexibility index (Phi) is 5.62. The molecule has 0 aliphatic carbocycles. The number of fused-ring (bicyclic) bond motifs is 2. The number of pyridine rings is 1. The zero-order valence-electron chi connectivity index (χ0n) is 17.9. The molecule has 0 spiro atoms. The van der Waals surface area contributed by atoms with Crippen molar-refractivity contribution < 1.29 is 14.3 Å². The first kappa shape index (κ1) is 20.6. The van der Waals surface area contributed by atoms with Gasteiger partial charge in [-0.25, -0.2) is 4.98 Å². The Balaban J connectivity index is 1.87. The summed E-state index contributed by atoms with van der Waals surface area (Å²) in [6.07, 6.45) is 2.37. The highest BCUT2D eigenvalue weighted by molar-refractivity contribution is 5.98. The van der Waals surface area contributed by atoms with Crippen LogP contribution in [0.15, 0.2) is 29.2 Å². The van der Waals surface area contributed by atoms with E-state index in [0.717, 1.165) is 5.56 Å². The van der Waals surface area contributed by atoms with Crippen molar-refractivity contribution in [2.24, 2.45) is 0 Å². The zero-order chi connectivity index (χ0) is 21.4. The molecule has 0 bridgehead atoms. The van der Waals surface area contributed by atoms with Crippen LogP contribution >= 0.6 is 0 Å². The van der Waals surface area contributed by atoms with Crippen LogP contribution < -0.4 is 5.56 Å². The lowest BCUT2D eigenvalue weighted by atomic mass is 10.2. The normalized spacial score (nSPS) is 19.7. The second kappa shape index (κ2) is 8.20. The summed E-state index contributed by atoms with van der Waals surface area (Å²) in [4.78, 5) is 33.2. The van der Waals surface area contributed by atoms with E-state index in [2.05, 4.69) is 0 Å². The highest BCUT2D eigenvalue weighted by Gasteiger charge is 2.29. The highest BCUT2D eigenvalue weighted by Crippen LogP contribution is 2.21. The van der Waals surface area contributed by atoms with Crippen LogP contribution in [0.4, 0.5) is 0 Å². The molecule has 0 aromatic carbocycles. The van der Waals surface area contributed by atoms with Crippen LogP contribution in [0.1, 0.15) is 36.3 Å². The molecule has 8 heteroatoms. The second-order valence-corrected chi connectivity index (χ2v) is 8.03. The molecule has 2 atom stereocenters. The summed E-state index contributed by atoms with van der Waals surface area (Å²) in [5.74, 6) is -0.0994. The van der Waals surface area contributed by atoms with Crippen molar-refractivity contribution in [2.75, 3.05) is 26.8 Å². The van der Waals surface area contributed by atoms with Gasteiger partial charge in [-0.2, -0.15) is 0 Å². The predicted octanol–water partition coefficient (Wildman–Crippen LogP) is 2.24. The number of ether oxygens (including phenoxy) is 2. The first-order chi connectivity index (χ1) is 14.4. The molecule has 1 fully saturated rings. The molecule has 0 N–H and O–H groups in total. The van der Waals surface area contributed by atoms with E-state index >= 15 is 0 Å². The van der Waals surface area contributed by atoms with E-state index < -0.39 is 0 Å². The van der Waals surface area contributed by atoms with Gasteiger partial charge in [0.2, 0.25) is 0 Å². The topological polar surface area (TPSA) is 78.1 Å². The van der Waals surface area contributed by atoms with Gasteiger partial charge < -0.3 is 18.9 Å². The SMILES string of the molecule is COCCCn1c(C(=O)N2C[C@@H](C)O[C@@H](C)C2)cc2c(=O)n3cccc(C)c3nc21. The molecule has 1 saturated heterocycles. The molecule has 4 rings (SSSR count). The number of nitrogens with zero attached hydrogens (tertiary/aromatic N) is 4. The van der Waals surface area contributed by atoms with E-state index in [0.29, 0.717) is 55.0 Å². The molecule has 4 heterocycles. The number of carbonyl (C=O) groups is 1. The van der Waals surface area contributed by atoms with E-state index in [1.165, 1.54) is 0 Å². The van der Waals surface area contributed by atoms with Gasteiger partial charge in [0, 0.05) is 39.5 Å². The van der Waals surface area contributed by atoms with Crippen molar-refractivity contribution in [3.63, 3.8) is 0 Å². The Morgan fingerprint density at radius 1 is 1.27 bits per heavy atom. The van der Waals surface area contributed by atoms with Crippen LogP contribution in [0.3, 0.4) is 0 Å². The van der Waals surface area contributed by atoms with Gasteiger partial charge in [-0.3, -0.25) is 14.0 Å². The lowest BCUT2D eigenvalue weighted by Crippen LogP contribution is -2.48. The quantitative estimate of drug-likeness (QED) is 0.601. The molecule has 0 radical (unpaired) electrons. The molecule has 160 valence electrons. The smallest absolute Gasteiger partial charge is 0.270 e. The fraction of sp³-hybridized carbons (Fsp3) is 0.500. The summed E-state index contributed by atoms with van der Waals surface area (Å²) in [5, 5.41) is 0.452. The van der Waals surface area contributed by atoms with Crippen LogP contribution in [0.5, 0.6) is 0 Å². The number of amides is 1. The van der Waals surface area contributed by atoms with Crippen molar-refractivity contribution in [2.45, 2.75) is 45.9 Å². The summed E-state index contributed by atoms with van der Waals surface area (Å²) in [5.41, 5.74) is 2.38. The van der Waals surface area contributed by atoms with Crippen molar-refractivity contribution >= 4 is 22.6 Å². The van der Waals surface area contributed by atoms with E-state index in [9.17, 15) is 9.59 Å². The highest BCUT2D eigenvalue weighted by atomic mass is 16.5. The summed E-state index contributed by atoms with van der Waals surface area (Å²) < 4.78 is 14.4. The Morgan fingerprint density at radius 3 is 2.70 bits per heavy atom. The van der Waals surface area contributed by atoms with Crippen LogP contribution in [0.2, 0.25) is 0 Å². The van der Waals surface area contributed by atoms with E-state index in [-0.39, 0.29) is 23.7 Å². The minimum atomic E-state index is -0.165. The number of aromatic nitrogens is 3. The van der Waals surface area contributed by atoms with Crippen LogP contribution in [-0.4, -0.2) is 63.8 Å². The number of hydrogen-bond donors (Lipinski definition) is 0. The van der Waals surface area contributed by atoms with E-state index in [1.807, 2.05) is 42.4 Å². The number of rotatable bonds is 5. The Hall–Kier alpha value is -2.71. The zero-order valence-corrected chi connectivity index (χ0v) is 17.9. The average molecular weight is 412 g/mol. The van der Waals surface area contributed by atoms with Crippen LogP contribution in [0.25, 0.3) is 16.7 Å². The number of carbonyl (C=O) groups excluding carboxylic acids is 1. The van der Waals surface area contributed by atoms with Crippen molar-refractivity contribution in [3.8, 4) is 0 Å². The first-order valence-corrected chi connectivity index (χ1v) is 10.4. The molecule has 8 nitrogen and oxygen atoms in total. The summed E-state index contributed by atoms with van der Waals surface area (Å²) in [7, 11) is 1.65. The van der Waals surface area contributed by atoms with Crippen LogP contribution in [0, 0.1) is 6.92 Å². The lowest BCUT2D eigenvalue weighted by molar-refractivity contribution is -0.0588. The number of aryl methyl sites for hydroxylation is 2. The third kappa shape index (κ3) is 3.61. The second-order valence-electron chi connectivity index (χ2n) is 8.03. The molecule has 3 aromatic rings. The number of hydrogen-bond acceptors (Lipinski definition) is 5. The summed E-state index contributed by atoms with van der Waals surface area (Å²) in [6.45, 7) is 8.01. The predicted molar refractivity (Wildman–Crippen MR) is 114 cm³/mol. The van der Waals surface area contributed by atoms with Crippen LogP contribution in [-0.2, 0) is 16.0 Å². The van der Waals surface area contributed by atoms with Crippen molar-refractivity contribution in [3.05, 3.63) is 46.0 Å². The van der Waals surface area contributed by atoms with Gasteiger partial charge >= 0.3 is 0 Å². The molecule has 30 heavy (non-hydrogen) atoms. The average Bonchev–Trinajstić information content (AvgIpc) is 3.07. The van der Waals surface area contributed by atoms with Gasteiger partial charge in [0.1, 0.15) is 17.0 Å². The maximum atomic E-state index is 13.5. The third-order valence-electron chi connectivity index (χ3n) is 5.55. The summed E-state index contributed by atoms with van der Waals surface area (Å²) in [6, 6.07) is 5.45. The largest absolute Gasteiger partial charge is 0.385 e. The maximum absolute atomic E-state index is 13.5. The summed E-state index contributed by atoms with van der Waals surface area (Å²) >= 11 is 0. The standard InChI is InChI=1S/C22H28N4O4/c1-14-7-5-8-26-19(14)23-20-17(21(26)27)11-18(25(20)9-6-10-29-4)22(28)24-12-15(2)30-16(3)13-24/h5,7-8,11,15-16H,6,9-10,12-13H2,1-4H3/t15-,16+. The molecule has 0 unspecified atom stereocenters. The Bertz CT molecular complexity index is 1140. The molecule has 3 aromatic heterocycles. The van der Waals surface area contributed by atoms with E-state index in [1.54, 1.807) is 23.8 Å². The minimum Gasteiger partial charge on any atom is -0.385 e. The molecule has 1 aliphatic rings. The van der Waals surface area contributed by atoms with Gasteiger partial charge in [-0.1, -0.05) is 6.07 Å². The van der Waals surface area contributed by atoms with Gasteiger partial charge in [-0.05, 0) is 44.9 Å². The van der Waals surface area contributed by atoms with Gasteiger partial charge in [0.05, 0.1) is 17.6 Å². The van der Waals surface area contributed by atoms with Gasteiger partial charge in [-0.15, -0.1) is 0 Å². The van der Waals surface area contributed by atoms with Crippen molar-refractivity contribution in [1.29, 1.82) is 0 Å². The molecule has 1 amide bonds. The molecule has 1 aliphatic heterocycles. The number of morpholine rings is 1. The van der Waals surface area contributed by atoms with Crippen molar-refractivity contribution in [1.82, 2.24) is 18.9 Å². The maximum Gasteiger partial charge on any atom is 0.270 e. The lowest BCUT2D eigenvalue weighted by Gasteiger charge is -2.35. The molecular weight excluding hydrogens is 384 g/mol. The Labute approximate surface area is 175 Å². The minimum absolute atomic E-state index is 0.0296. The fourth-order valence-corrected chi connectivity index (χ4v) is 4.24. The Morgan fingerprint density at radius 2 is 2.00 bits per heavy atom. The van der Waals surface area contributed by atoms with E-state index in [4.69, 9.17) is 14.5 Å².